The van der Waals surface area contributed by atoms with Crippen molar-refractivity contribution in [3.63, 3.8) is 0 Å². The summed E-state index contributed by atoms with van der Waals surface area (Å²) >= 11 is 0. The predicted molar refractivity (Wildman–Crippen MR) is 160 cm³/mol. The van der Waals surface area contributed by atoms with Crippen molar-refractivity contribution in [3.05, 3.63) is 83.2 Å². The molecule has 0 spiro atoms. The lowest BCUT2D eigenvalue weighted by Gasteiger charge is -2.17. The molecule has 1 heterocycles. The maximum absolute atomic E-state index is 13.0. The van der Waals surface area contributed by atoms with Crippen molar-refractivity contribution in [3.8, 4) is 17.2 Å². The second-order valence-corrected chi connectivity index (χ2v) is 10.5. The number of ether oxygens (including phenoxy) is 3. The number of hydrogen-bond acceptors (Lipinski definition) is 5. The molecule has 0 saturated heterocycles. The molecule has 1 aromatic heterocycles. The summed E-state index contributed by atoms with van der Waals surface area (Å²) in [5, 5.41) is 3.14. The van der Waals surface area contributed by atoms with Gasteiger partial charge in [0.15, 0.2) is 11.5 Å². The number of methoxy groups -OCH3 is 2. The molecule has 4 aromatic rings. The molecule has 40 heavy (non-hydrogen) atoms. The number of amides is 1. The number of para-hydroxylation sites is 2. The summed E-state index contributed by atoms with van der Waals surface area (Å²) in [6.07, 6.45) is 2.08. The van der Waals surface area contributed by atoms with Crippen molar-refractivity contribution in [2.75, 3.05) is 20.8 Å². The van der Waals surface area contributed by atoms with Crippen molar-refractivity contribution < 1.29 is 19.0 Å². The Kier molecular flexibility index (Phi) is 9.70. The topological polar surface area (TPSA) is 74.6 Å². The summed E-state index contributed by atoms with van der Waals surface area (Å²) < 4.78 is 19.1. The second-order valence-electron chi connectivity index (χ2n) is 10.5. The van der Waals surface area contributed by atoms with Gasteiger partial charge in [0.2, 0.25) is 5.91 Å². The SMILES string of the molecule is COc1ccc(CC(=O)NC(C)c2nc3ccccc3n2CCCCOc2cc(C)ccc2C(C)C)cc1OC. The number of aryl methyl sites for hydroxylation is 2. The van der Waals surface area contributed by atoms with E-state index in [1.54, 1.807) is 14.2 Å². The summed E-state index contributed by atoms with van der Waals surface area (Å²) in [7, 11) is 3.18. The Morgan fingerprint density at radius 2 is 1.70 bits per heavy atom. The number of hydrogen-bond donors (Lipinski definition) is 1. The van der Waals surface area contributed by atoms with Gasteiger partial charge >= 0.3 is 0 Å². The minimum atomic E-state index is -0.253. The Bertz CT molecular complexity index is 1440. The summed E-state index contributed by atoms with van der Waals surface area (Å²) in [6, 6.07) is 19.8. The number of rotatable bonds is 13. The fraction of sp³-hybridized carbons (Fsp3) is 0.394. The molecule has 0 fully saturated rings. The van der Waals surface area contributed by atoms with Crippen molar-refractivity contribution in [1.82, 2.24) is 14.9 Å². The molecule has 0 saturated carbocycles. The minimum Gasteiger partial charge on any atom is -0.493 e. The minimum absolute atomic E-state index is 0.0779. The Labute approximate surface area is 237 Å². The van der Waals surface area contributed by atoms with Gasteiger partial charge in [-0.15, -0.1) is 0 Å². The van der Waals surface area contributed by atoms with E-state index in [0.717, 1.165) is 47.6 Å². The third-order valence-corrected chi connectivity index (χ3v) is 7.09. The van der Waals surface area contributed by atoms with E-state index in [2.05, 4.69) is 54.9 Å². The molecule has 0 radical (unpaired) electrons. The molecule has 3 aromatic carbocycles. The number of unbranched alkanes of at least 4 members (excludes halogenated alkanes) is 1. The molecule has 212 valence electrons. The first kappa shape index (κ1) is 29.0. The Balaban J connectivity index is 1.40. The fourth-order valence-corrected chi connectivity index (χ4v) is 4.99. The number of fused-ring (bicyclic) bond motifs is 1. The summed E-state index contributed by atoms with van der Waals surface area (Å²) in [4.78, 5) is 17.9. The molecule has 1 unspecified atom stereocenters. The number of imidazole rings is 1. The van der Waals surface area contributed by atoms with Crippen LogP contribution in [-0.2, 0) is 17.8 Å². The van der Waals surface area contributed by atoms with Gasteiger partial charge in [0, 0.05) is 6.54 Å². The number of carbonyl (C=O) groups excluding carboxylic acids is 1. The first-order valence-corrected chi connectivity index (χ1v) is 14.0. The lowest BCUT2D eigenvalue weighted by molar-refractivity contribution is -0.121. The van der Waals surface area contributed by atoms with Crippen molar-refractivity contribution in [2.24, 2.45) is 0 Å². The van der Waals surface area contributed by atoms with Gasteiger partial charge in [-0.25, -0.2) is 4.98 Å². The first-order chi connectivity index (χ1) is 19.3. The quantitative estimate of drug-likeness (QED) is 0.189. The molecule has 7 nitrogen and oxygen atoms in total. The number of benzene rings is 3. The van der Waals surface area contributed by atoms with E-state index in [1.807, 2.05) is 43.3 Å². The van der Waals surface area contributed by atoms with E-state index < -0.39 is 0 Å². The van der Waals surface area contributed by atoms with Gasteiger partial charge in [-0.3, -0.25) is 4.79 Å². The molecule has 1 amide bonds. The molecule has 4 rings (SSSR count). The van der Waals surface area contributed by atoms with Gasteiger partial charge in [0.25, 0.3) is 0 Å². The van der Waals surface area contributed by atoms with Crippen LogP contribution in [0.3, 0.4) is 0 Å². The van der Waals surface area contributed by atoms with Crippen molar-refractivity contribution >= 4 is 16.9 Å². The van der Waals surface area contributed by atoms with Crippen LogP contribution in [0.25, 0.3) is 11.0 Å². The number of carbonyl (C=O) groups is 1. The lowest BCUT2D eigenvalue weighted by atomic mass is 10.0. The van der Waals surface area contributed by atoms with Crippen molar-refractivity contribution in [1.29, 1.82) is 0 Å². The second kappa shape index (κ2) is 13.4. The van der Waals surface area contributed by atoms with Gasteiger partial charge in [-0.1, -0.05) is 44.2 Å². The molecule has 0 aliphatic rings. The highest BCUT2D eigenvalue weighted by Crippen LogP contribution is 2.29. The van der Waals surface area contributed by atoms with Crippen LogP contribution in [0.1, 0.15) is 68.1 Å². The van der Waals surface area contributed by atoms with Gasteiger partial charge in [0.05, 0.1) is 44.3 Å². The van der Waals surface area contributed by atoms with Gasteiger partial charge in [0.1, 0.15) is 11.6 Å². The van der Waals surface area contributed by atoms with E-state index in [1.165, 1.54) is 11.1 Å². The van der Waals surface area contributed by atoms with Gasteiger partial charge in [-0.05, 0) is 79.6 Å². The summed E-state index contributed by atoms with van der Waals surface area (Å²) in [6.45, 7) is 9.91. The molecule has 0 bridgehead atoms. The van der Waals surface area contributed by atoms with E-state index >= 15 is 0 Å². The Morgan fingerprint density at radius 3 is 2.45 bits per heavy atom. The van der Waals surface area contributed by atoms with E-state index in [-0.39, 0.29) is 18.4 Å². The summed E-state index contributed by atoms with van der Waals surface area (Å²) in [5.41, 5.74) is 5.29. The monoisotopic (exact) mass is 543 g/mol. The average molecular weight is 544 g/mol. The maximum atomic E-state index is 13.0. The highest BCUT2D eigenvalue weighted by atomic mass is 16.5. The van der Waals surface area contributed by atoms with E-state index in [9.17, 15) is 4.79 Å². The number of aromatic nitrogens is 2. The lowest BCUT2D eigenvalue weighted by Crippen LogP contribution is -2.30. The van der Waals surface area contributed by atoms with Crippen LogP contribution in [0.2, 0.25) is 0 Å². The van der Waals surface area contributed by atoms with Gasteiger partial charge in [-0.2, -0.15) is 0 Å². The largest absolute Gasteiger partial charge is 0.493 e. The van der Waals surface area contributed by atoms with Crippen molar-refractivity contribution in [2.45, 2.75) is 65.5 Å². The summed E-state index contributed by atoms with van der Waals surface area (Å²) in [5.74, 6) is 3.41. The maximum Gasteiger partial charge on any atom is 0.224 e. The van der Waals surface area contributed by atoms with Crippen LogP contribution in [0, 0.1) is 6.92 Å². The van der Waals surface area contributed by atoms with Crippen LogP contribution in [0.15, 0.2) is 60.7 Å². The molecular formula is C33H41N3O4. The smallest absolute Gasteiger partial charge is 0.224 e. The zero-order chi connectivity index (χ0) is 28.6. The highest BCUT2D eigenvalue weighted by Gasteiger charge is 2.19. The Morgan fingerprint density at radius 1 is 0.925 bits per heavy atom. The third kappa shape index (κ3) is 6.95. The first-order valence-electron chi connectivity index (χ1n) is 14.0. The molecule has 0 aliphatic heterocycles. The predicted octanol–water partition coefficient (Wildman–Crippen LogP) is 6.76. The fourth-order valence-electron chi connectivity index (χ4n) is 4.99. The number of nitrogens with one attached hydrogen (secondary N) is 1. The Hall–Kier alpha value is -4.00. The van der Waals surface area contributed by atoms with Crippen LogP contribution in [0.5, 0.6) is 17.2 Å². The normalized spacial score (nSPS) is 12.0. The number of nitrogens with zero attached hydrogens (tertiary/aromatic N) is 2. The molecule has 0 aliphatic carbocycles. The average Bonchev–Trinajstić information content (AvgIpc) is 3.31. The van der Waals surface area contributed by atoms with Crippen LogP contribution >= 0.6 is 0 Å². The molecular weight excluding hydrogens is 502 g/mol. The molecule has 1 N–H and O–H groups in total. The van der Waals surface area contributed by atoms with E-state index in [0.29, 0.717) is 24.0 Å². The highest BCUT2D eigenvalue weighted by molar-refractivity contribution is 5.80. The van der Waals surface area contributed by atoms with E-state index in [4.69, 9.17) is 19.2 Å². The zero-order valence-electron chi connectivity index (χ0n) is 24.5. The third-order valence-electron chi connectivity index (χ3n) is 7.09. The standard InChI is InChI=1S/C33H41N3O4/c1-22(2)26-15-13-23(3)19-30(26)40-18-10-9-17-36-28-12-8-7-11-27(28)35-33(36)24(4)34-32(37)21-25-14-16-29(38-5)31(20-25)39-6/h7-8,11-16,19-20,22,24H,9-10,17-18,21H2,1-6H3,(H,34,37). The van der Waals surface area contributed by atoms with Gasteiger partial charge < -0.3 is 24.1 Å². The molecule has 1 atom stereocenters. The molecule has 7 heteroatoms. The zero-order valence-corrected chi connectivity index (χ0v) is 24.5. The van der Waals surface area contributed by atoms with Crippen LogP contribution < -0.4 is 19.5 Å². The van der Waals surface area contributed by atoms with Crippen LogP contribution in [-0.4, -0.2) is 36.3 Å². The van der Waals surface area contributed by atoms with Crippen LogP contribution in [0.4, 0.5) is 0 Å².